The van der Waals surface area contributed by atoms with Gasteiger partial charge in [-0.25, -0.2) is 0 Å². The molecule has 106 valence electrons. The third-order valence-electron chi connectivity index (χ3n) is 2.45. The predicted molar refractivity (Wildman–Crippen MR) is 75.6 cm³/mol. The van der Waals surface area contributed by atoms with Crippen LogP contribution < -0.4 is 15.2 Å². The number of hydrogen-bond acceptors (Lipinski definition) is 4. The van der Waals surface area contributed by atoms with Gasteiger partial charge in [0.1, 0.15) is 0 Å². The van der Waals surface area contributed by atoms with Crippen LogP contribution in [0, 0.1) is 0 Å². The number of halogens is 1. The lowest BCUT2D eigenvalue weighted by Gasteiger charge is -2.21. The molecule has 1 aromatic carbocycles. The average molecular weight is 332 g/mol. The second kappa shape index (κ2) is 6.77. The Morgan fingerprint density at radius 1 is 1.47 bits per heavy atom. The van der Waals surface area contributed by atoms with E-state index < -0.39 is 12.0 Å². The molecule has 19 heavy (non-hydrogen) atoms. The van der Waals surface area contributed by atoms with Crippen LogP contribution in [0.1, 0.15) is 31.9 Å². The smallest absolute Gasteiger partial charge is 0.305 e. The van der Waals surface area contributed by atoms with Gasteiger partial charge < -0.3 is 20.3 Å². The van der Waals surface area contributed by atoms with E-state index in [0.717, 1.165) is 0 Å². The summed E-state index contributed by atoms with van der Waals surface area (Å²) in [7, 11) is 1.53. The summed E-state index contributed by atoms with van der Waals surface area (Å²) < 4.78 is 11.7. The summed E-state index contributed by atoms with van der Waals surface area (Å²) in [6.07, 6.45) is -0.251. The zero-order chi connectivity index (χ0) is 14.6. The Kier molecular flexibility index (Phi) is 5.62. The molecule has 5 nitrogen and oxygen atoms in total. The third-order valence-corrected chi connectivity index (χ3v) is 3.14. The molecule has 0 heterocycles. The molecule has 0 aliphatic carbocycles. The van der Waals surface area contributed by atoms with Crippen molar-refractivity contribution in [3.05, 3.63) is 22.2 Å². The highest BCUT2D eigenvalue weighted by Gasteiger charge is 2.22. The number of carboxylic acids is 1. The van der Waals surface area contributed by atoms with Gasteiger partial charge in [0.05, 0.1) is 19.6 Å². The van der Waals surface area contributed by atoms with Crippen LogP contribution in [0.3, 0.4) is 0 Å². The Morgan fingerprint density at radius 2 is 2.11 bits per heavy atom. The maximum absolute atomic E-state index is 10.8. The Morgan fingerprint density at radius 3 is 2.58 bits per heavy atom. The molecule has 1 rings (SSSR count). The number of methoxy groups -OCH3 is 1. The Hall–Kier alpha value is -1.27. The van der Waals surface area contributed by atoms with Gasteiger partial charge in [0, 0.05) is 16.1 Å². The monoisotopic (exact) mass is 331 g/mol. The number of rotatable bonds is 6. The summed E-state index contributed by atoms with van der Waals surface area (Å²) in [5, 5.41) is 8.87. The molecule has 0 aromatic heterocycles. The number of carbonyl (C=O) groups is 1. The maximum Gasteiger partial charge on any atom is 0.305 e. The summed E-state index contributed by atoms with van der Waals surface area (Å²) in [6, 6.07) is 2.85. The minimum absolute atomic E-state index is 0.0704. The number of carboxylic acid groups (broad SMARTS) is 1. The first-order valence-corrected chi connectivity index (χ1v) is 6.66. The van der Waals surface area contributed by atoms with Gasteiger partial charge in [-0.3, -0.25) is 4.79 Å². The summed E-state index contributed by atoms with van der Waals surface area (Å²) >= 11 is 3.38. The Bertz CT molecular complexity index is 462. The van der Waals surface area contributed by atoms with Crippen molar-refractivity contribution in [1.82, 2.24) is 0 Å². The molecule has 0 fully saturated rings. The molecule has 1 unspecified atom stereocenters. The topological polar surface area (TPSA) is 81.8 Å². The van der Waals surface area contributed by atoms with Gasteiger partial charge in [-0.2, -0.15) is 0 Å². The fourth-order valence-electron chi connectivity index (χ4n) is 1.71. The molecule has 0 bridgehead atoms. The highest BCUT2D eigenvalue weighted by molar-refractivity contribution is 9.10. The number of nitrogens with two attached hydrogens (primary N) is 1. The van der Waals surface area contributed by atoms with Crippen molar-refractivity contribution in [2.75, 3.05) is 7.11 Å². The molecule has 1 aromatic rings. The van der Waals surface area contributed by atoms with Gasteiger partial charge >= 0.3 is 5.97 Å². The molecule has 0 radical (unpaired) electrons. The van der Waals surface area contributed by atoms with Crippen LogP contribution in [0.25, 0.3) is 0 Å². The highest BCUT2D eigenvalue weighted by atomic mass is 79.9. The minimum Gasteiger partial charge on any atom is -0.493 e. The largest absolute Gasteiger partial charge is 0.493 e. The molecule has 0 aliphatic rings. The maximum atomic E-state index is 10.8. The molecular weight excluding hydrogens is 314 g/mol. The summed E-state index contributed by atoms with van der Waals surface area (Å²) in [4.78, 5) is 10.8. The molecule has 0 aliphatic heterocycles. The molecule has 0 spiro atoms. The van der Waals surface area contributed by atoms with E-state index in [0.29, 0.717) is 21.5 Å². The molecule has 0 amide bonds. The van der Waals surface area contributed by atoms with Crippen LogP contribution in [-0.2, 0) is 4.79 Å². The number of hydrogen-bond donors (Lipinski definition) is 2. The van der Waals surface area contributed by atoms with E-state index >= 15 is 0 Å². The van der Waals surface area contributed by atoms with Gasteiger partial charge in [-0.15, -0.1) is 0 Å². The molecule has 0 saturated carbocycles. The zero-order valence-electron chi connectivity index (χ0n) is 11.1. The van der Waals surface area contributed by atoms with Gasteiger partial charge in [-0.1, -0.05) is 15.9 Å². The number of aliphatic carboxylic acids is 1. The molecule has 3 N–H and O–H groups in total. The summed E-state index contributed by atoms with van der Waals surface area (Å²) in [5.41, 5.74) is 6.56. The third kappa shape index (κ3) is 4.11. The van der Waals surface area contributed by atoms with Gasteiger partial charge in [0.15, 0.2) is 11.5 Å². The lowest BCUT2D eigenvalue weighted by atomic mass is 10.0. The van der Waals surface area contributed by atoms with Crippen molar-refractivity contribution in [3.8, 4) is 11.5 Å². The zero-order valence-corrected chi connectivity index (χ0v) is 12.7. The summed E-state index contributed by atoms with van der Waals surface area (Å²) in [5.74, 6) is 0.0612. The predicted octanol–water partition coefficient (Wildman–Crippen LogP) is 2.72. The first kappa shape index (κ1) is 15.8. The van der Waals surface area contributed by atoms with E-state index in [1.54, 1.807) is 12.1 Å². The Balaban J connectivity index is 3.28. The van der Waals surface area contributed by atoms with Crippen molar-refractivity contribution in [2.24, 2.45) is 5.73 Å². The van der Waals surface area contributed by atoms with Crippen molar-refractivity contribution in [3.63, 3.8) is 0 Å². The second-order valence-corrected chi connectivity index (χ2v) is 5.22. The van der Waals surface area contributed by atoms with E-state index in [1.165, 1.54) is 7.11 Å². The highest BCUT2D eigenvalue weighted by Crippen LogP contribution is 2.40. The SMILES string of the molecule is COc1ccc(Br)c(C(N)CC(=O)O)c1OC(C)C. The van der Waals surface area contributed by atoms with Crippen LogP contribution in [-0.4, -0.2) is 24.3 Å². The van der Waals surface area contributed by atoms with E-state index in [-0.39, 0.29) is 12.5 Å². The van der Waals surface area contributed by atoms with Crippen molar-refractivity contribution >= 4 is 21.9 Å². The lowest BCUT2D eigenvalue weighted by molar-refractivity contribution is -0.137. The van der Waals surface area contributed by atoms with Crippen molar-refractivity contribution in [2.45, 2.75) is 32.4 Å². The lowest BCUT2D eigenvalue weighted by Crippen LogP contribution is -2.18. The molecule has 1 atom stereocenters. The van der Waals surface area contributed by atoms with Crippen LogP contribution in [0.2, 0.25) is 0 Å². The number of ether oxygens (including phenoxy) is 2. The fraction of sp³-hybridized carbons (Fsp3) is 0.462. The molecule has 0 saturated heterocycles. The molecular formula is C13H18BrNO4. The Labute approximate surface area is 120 Å². The van der Waals surface area contributed by atoms with Crippen molar-refractivity contribution in [1.29, 1.82) is 0 Å². The van der Waals surface area contributed by atoms with E-state index in [1.807, 2.05) is 13.8 Å². The first-order chi connectivity index (χ1) is 8.86. The van der Waals surface area contributed by atoms with Crippen LogP contribution in [0.5, 0.6) is 11.5 Å². The second-order valence-electron chi connectivity index (χ2n) is 4.36. The fourth-order valence-corrected chi connectivity index (χ4v) is 2.32. The van der Waals surface area contributed by atoms with E-state index in [9.17, 15) is 4.79 Å². The quantitative estimate of drug-likeness (QED) is 0.837. The van der Waals surface area contributed by atoms with Gasteiger partial charge in [0.2, 0.25) is 0 Å². The van der Waals surface area contributed by atoms with Crippen LogP contribution in [0.15, 0.2) is 16.6 Å². The van der Waals surface area contributed by atoms with Gasteiger partial charge in [0.25, 0.3) is 0 Å². The van der Waals surface area contributed by atoms with E-state index in [2.05, 4.69) is 15.9 Å². The van der Waals surface area contributed by atoms with Crippen LogP contribution >= 0.6 is 15.9 Å². The minimum atomic E-state index is -0.960. The first-order valence-electron chi connectivity index (χ1n) is 5.87. The van der Waals surface area contributed by atoms with Crippen molar-refractivity contribution < 1.29 is 19.4 Å². The summed E-state index contributed by atoms with van der Waals surface area (Å²) in [6.45, 7) is 3.76. The molecule has 6 heteroatoms. The van der Waals surface area contributed by atoms with Crippen LogP contribution in [0.4, 0.5) is 0 Å². The van der Waals surface area contributed by atoms with E-state index in [4.69, 9.17) is 20.3 Å². The van der Waals surface area contributed by atoms with Gasteiger partial charge in [-0.05, 0) is 26.0 Å². The average Bonchev–Trinajstić information content (AvgIpc) is 2.27. The normalized spacial score (nSPS) is 12.3. The number of benzene rings is 1. The standard InChI is InChI=1S/C13H18BrNO4/c1-7(2)19-13-10(18-3)5-4-8(14)12(13)9(15)6-11(16)17/h4-5,7,9H,6,15H2,1-3H3,(H,16,17).